The summed E-state index contributed by atoms with van der Waals surface area (Å²) in [6, 6.07) is 15.9. The molecular formula is C24H28N4O3S. The lowest BCUT2D eigenvalue weighted by molar-refractivity contribution is 0.102. The first-order valence-electron chi connectivity index (χ1n) is 10.8. The van der Waals surface area contributed by atoms with Crippen LogP contribution in [0.1, 0.15) is 46.6 Å². The van der Waals surface area contributed by atoms with E-state index in [0.29, 0.717) is 30.9 Å². The molecule has 0 unspecified atom stereocenters. The van der Waals surface area contributed by atoms with Crippen molar-refractivity contribution in [2.45, 2.75) is 44.6 Å². The molecule has 0 radical (unpaired) electrons. The van der Waals surface area contributed by atoms with E-state index in [2.05, 4.69) is 10.4 Å². The number of carbonyl (C=O) groups is 1. The molecule has 1 fully saturated rings. The van der Waals surface area contributed by atoms with E-state index in [-0.39, 0.29) is 10.8 Å². The lowest BCUT2D eigenvalue weighted by Crippen LogP contribution is -2.36. The van der Waals surface area contributed by atoms with E-state index >= 15 is 0 Å². The van der Waals surface area contributed by atoms with Gasteiger partial charge in [-0.15, -0.1) is 0 Å². The molecule has 1 aliphatic rings. The fourth-order valence-corrected chi connectivity index (χ4v) is 5.72. The number of piperidine rings is 1. The van der Waals surface area contributed by atoms with Crippen molar-refractivity contribution < 1.29 is 13.2 Å². The highest BCUT2D eigenvalue weighted by Gasteiger charge is 2.28. The minimum absolute atomic E-state index is 0.133. The van der Waals surface area contributed by atoms with Crippen molar-refractivity contribution in [3.63, 3.8) is 0 Å². The van der Waals surface area contributed by atoms with Crippen molar-refractivity contribution in [2.24, 2.45) is 0 Å². The summed E-state index contributed by atoms with van der Waals surface area (Å²) < 4.78 is 29.8. The second-order valence-corrected chi connectivity index (χ2v) is 10.1. The van der Waals surface area contributed by atoms with Crippen molar-refractivity contribution in [1.82, 2.24) is 14.1 Å². The van der Waals surface area contributed by atoms with E-state index in [0.717, 1.165) is 36.2 Å². The largest absolute Gasteiger partial charge is 0.321 e. The molecule has 0 aliphatic carbocycles. The third-order valence-corrected chi connectivity index (χ3v) is 7.65. The predicted molar refractivity (Wildman–Crippen MR) is 124 cm³/mol. The number of aromatic nitrogens is 2. The number of benzene rings is 2. The van der Waals surface area contributed by atoms with Gasteiger partial charge in [-0.05, 0) is 62.6 Å². The van der Waals surface area contributed by atoms with E-state index in [4.69, 9.17) is 0 Å². The fourth-order valence-electron chi connectivity index (χ4n) is 4.05. The van der Waals surface area contributed by atoms with Gasteiger partial charge in [0.2, 0.25) is 10.0 Å². The van der Waals surface area contributed by atoms with Crippen LogP contribution in [0.25, 0.3) is 0 Å². The maximum atomic E-state index is 13.2. The van der Waals surface area contributed by atoms with Gasteiger partial charge in [-0.1, -0.05) is 30.7 Å². The topological polar surface area (TPSA) is 84.3 Å². The molecular weight excluding hydrogens is 424 g/mol. The third-order valence-electron chi connectivity index (χ3n) is 5.69. The quantitative estimate of drug-likeness (QED) is 0.613. The summed E-state index contributed by atoms with van der Waals surface area (Å²) >= 11 is 0. The molecule has 7 nitrogen and oxygen atoms in total. The summed E-state index contributed by atoms with van der Waals surface area (Å²) in [6.07, 6.45) is 2.75. The van der Waals surface area contributed by atoms with E-state index in [1.165, 1.54) is 4.31 Å². The molecule has 0 bridgehead atoms. The van der Waals surface area contributed by atoms with Crippen LogP contribution < -0.4 is 5.32 Å². The molecule has 0 spiro atoms. The van der Waals surface area contributed by atoms with E-state index in [1.807, 2.05) is 42.8 Å². The van der Waals surface area contributed by atoms with Crippen LogP contribution in [0.3, 0.4) is 0 Å². The Bertz CT molecular complexity index is 1230. The Balaban J connectivity index is 1.55. The minimum atomic E-state index is -3.66. The molecule has 1 aliphatic heterocycles. The average Bonchev–Trinajstić information content (AvgIpc) is 3.11. The monoisotopic (exact) mass is 452 g/mol. The van der Waals surface area contributed by atoms with Crippen LogP contribution in [0.2, 0.25) is 0 Å². The zero-order chi connectivity index (χ0) is 22.7. The van der Waals surface area contributed by atoms with Crippen molar-refractivity contribution in [3.8, 4) is 0 Å². The molecule has 1 amide bonds. The molecule has 168 valence electrons. The van der Waals surface area contributed by atoms with Crippen LogP contribution in [0.4, 0.5) is 5.69 Å². The summed E-state index contributed by atoms with van der Waals surface area (Å²) in [5.41, 5.74) is 3.71. The Morgan fingerprint density at radius 3 is 2.47 bits per heavy atom. The number of anilines is 1. The van der Waals surface area contributed by atoms with Crippen LogP contribution >= 0.6 is 0 Å². The first kappa shape index (κ1) is 22.2. The highest BCUT2D eigenvalue weighted by Crippen LogP contribution is 2.27. The van der Waals surface area contributed by atoms with Crippen molar-refractivity contribution >= 4 is 21.6 Å². The van der Waals surface area contributed by atoms with Gasteiger partial charge in [0.15, 0.2) is 0 Å². The van der Waals surface area contributed by atoms with Crippen molar-refractivity contribution in [3.05, 3.63) is 77.1 Å². The van der Waals surface area contributed by atoms with Crippen LogP contribution in [0, 0.1) is 13.8 Å². The SMILES string of the molecule is Cc1cc(C)n(Cc2cccc(C(=O)Nc3ccccc3S(=O)(=O)N3CCCCC3)c2)n1. The molecule has 4 rings (SSSR count). The van der Waals surface area contributed by atoms with Gasteiger partial charge in [-0.25, -0.2) is 8.42 Å². The zero-order valence-corrected chi connectivity index (χ0v) is 19.2. The molecule has 3 aromatic rings. The maximum absolute atomic E-state index is 13.2. The van der Waals surface area contributed by atoms with Gasteiger partial charge in [0.25, 0.3) is 5.91 Å². The number of hydrogen-bond acceptors (Lipinski definition) is 4. The second-order valence-electron chi connectivity index (χ2n) is 8.20. The number of nitrogens with one attached hydrogen (secondary N) is 1. The van der Waals surface area contributed by atoms with Gasteiger partial charge in [-0.2, -0.15) is 9.40 Å². The number of nitrogens with zero attached hydrogens (tertiary/aromatic N) is 3. The van der Waals surface area contributed by atoms with Crippen LogP contribution in [0.15, 0.2) is 59.5 Å². The highest BCUT2D eigenvalue weighted by atomic mass is 32.2. The van der Waals surface area contributed by atoms with Crippen LogP contribution in [-0.4, -0.2) is 41.5 Å². The van der Waals surface area contributed by atoms with Gasteiger partial charge < -0.3 is 5.32 Å². The Morgan fingerprint density at radius 1 is 1.00 bits per heavy atom. The van der Waals surface area contributed by atoms with Gasteiger partial charge in [0.1, 0.15) is 4.90 Å². The number of hydrogen-bond donors (Lipinski definition) is 1. The third kappa shape index (κ3) is 4.76. The van der Waals surface area contributed by atoms with Gasteiger partial charge in [-0.3, -0.25) is 9.48 Å². The summed E-state index contributed by atoms with van der Waals surface area (Å²) in [6.45, 7) is 5.53. The Morgan fingerprint density at radius 2 is 1.75 bits per heavy atom. The Kier molecular flexibility index (Phi) is 6.43. The molecule has 2 aromatic carbocycles. The number of amides is 1. The second kappa shape index (κ2) is 9.26. The van der Waals surface area contributed by atoms with E-state index in [9.17, 15) is 13.2 Å². The minimum Gasteiger partial charge on any atom is -0.321 e. The molecule has 1 aromatic heterocycles. The number of para-hydroxylation sites is 1. The van der Waals surface area contributed by atoms with E-state index in [1.54, 1.807) is 30.3 Å². The molecule has 2 heterocycles. The fraction of sp³-hybridized carbons (Fsp3) is 0.333. The van der Waals surface area contributed by atoms with E-state index < -0.39 is 10.0 Å². The number of aryl methyl sites for hydroxylation is 2. The molecule has 32 heavy (non-hydrogen) atoms. The molecule has 1 saturated heterocycles. The van der Waals surface area contributed by atoms with Gasteiger partial charge >= 0.3 is 0 Å². The number of sulfonamides is 1. The summed E-state index contributed by atoms with van der Waals surface area (Å²) in [4.78, 5) is 13.1. The Hall–Kier alpha value is -2.97. The lowest BCUT2D eigenvalue weighted by Gasteiger charge is -2.26. The van der Waals surface area contributed by atoms with Crippen LogP contribution in [0.5, 0.6) is 0 Å². The van der Waals surface area contributed by atoms with Crippen molar-refractivity contribution in [1.29, 1.82) is 0 Å². The Labute approximate surface area is 189 Å². The number of carbonyl (C=O) groups excluding carboxylic acids is 1. The maximum Gasteiger partial charge on any atom is 0.255 e. The summed E-state index contributed by atoms with van der Waals surface area (Å²) in [7, 11) is -3.66. The summed E-state index contributed by atoms with van der Waals surface area (Å²) in [5, 5.41) is 7.29. The predicted octanol–water partition coefficient (Wildman–Crippen LogP) is 3.98. The molecule has 8 heteroatoms. The molecule has 0 saturated carbocycles. The van der Waals surface area contributed by atoms with Crippen molar-refractivity contribution in [2.75, 3.05) is 18.4 Å². The first-order chi connectivity index (χ1) is 15.3. The highest BCUT2D eigenvalue weighted by molar-refractivity contribution is 7.89. The van der Waals surface area contributed by atoms with Crippen LogP contribution in [-0.2, 0) is 16.6 Å². The molecule has 1 N–H and O–H groups in total. The average molecular weight is 453 g/mol. The molecule has 0 atom stereocenters. The van der Waals surface area contributed by atoms with Gasteiger partial charge in [0.05, 0.1) is 17.9 Å². The first-order valence-corrected chi connectivity index (χ1v) is 12.3. The normalized spacial score (nSPS) is 14.9. The standard InChI is InChI=1S/C24H28N4O3S/c1-18-15-19(2)28(26-18)17-20-9-8-10-21(16-20)24(29)25-22-11-4-5-12-23(22)32(30,31)27-13-6-3-7-14-27/h4-5,8-12,15-16H,3,6-7,13-14,17H2,1-2H3,(H,25,29). The lowest BCUT2D eigenvalue weighted by atomic mass is 10.1. The zero-order valence-electron chi connectivity index (χ0n) is 18.4. The number of rotatable bonds is 6. The van der Waals surface area contributed by atoms with Gasteiger partial charge in [0, 0.05) is 24.3 Å². The summed E-state index contributed by atoms with van der Waals surface area (Å²) in [5.74, 6) is -0.346. The smallest absolute Gasteiger partial charge is 0.255 e.